The fraction of sp³-hybridized carbons (Fsp3) is 0.444. The fourth-order valence-corrected chi connectivity index (χ4v) is 3.27. The van der Waals surface area contributed by atoms with Gasteiger partial charge in [-0.15, -0.1) is 0 Å². The number of aryl methyl sites for hydroxylation is 2. The zero-order valence-electron chi connectivity index (χ0n) is 14.6. The molecule has 1 amide bonds. The summed E-state index contributed by atoms with van der Waals surface area (Å²) in [5, 5.41) is 2.92. The lowest BCUT2D eigenvalue weighted by Gasteiger charge is -2.32. The summed E-state index contributed by atoms with van der Waals surface area (Å²) in [5.41, 5.74) is 2.19. The van der Waals surface area contributed by atoms with E-state index in [0.717, 1.165) is 36.5 Å². The molecule has 1 aliphatic heterocycles. The Morgan fingerprint density at radius 2 is 2.24 bits per heavy atom. The summed E-state index contributed by atoms with van der Waals surface area (Å²) in [7, 11) is 0. The van der Waals surface area contributed by atoms with E-state index in [4.69, 9.17) is 0 Å². The van der Waals surface area contributed by atoms with Gasteiger partial charge in [0.25, 0.3) is 5.56 Å². The zero-order valence-corrected chi connectivity index (χ0v) is 14.6. The molecule has 1 atom stereocenters. The van der Waals surface area contributed by atoms with Gasteiger partial charge in [0.05, 0.1) is 12.1 Å². The Bertz CT molecular complexity index is 803. The summed E-state index contributed by atoms with van der Waals surface area (Å²) >= 11 is 0. The van der Waals surface area contributed by atoms with Crippen molar-refractivity contribution in [3.8, 4) is 0 Å². The molecule has 132 valence electrons. The maximum Gasteiger partial charge on any atom is 0.253 e. The van der Waals surface area contributed by atoms with Crippen LogP contribution in [0.2, 0.25) is 0 Å². The molecule has 0 aliphatic carbocycles. The fourth-order valence-electron chi connectivity index (χ4n) is 3.27. The Hall–Kier alpha value is -2.70. The number of hydrogen-bond acceptors (Lipinski definition) is 5. The van der Waals surface area contributed by atoms with E-state index in [1.54, 1.807) is 18.6 Å². The smallest absolute Gasteiger partial charge is 0.253 e. The number of amides is 1. The Balaban J connectivity index is 1.63. The molecule has 2 aromatic heterocycles. The van der Waals surface area contributed by atoms with E-state index < -0.39 is 0 Å². The number of rotatable bonds is 4. The topological polar surface area (TPSA) is 91.0 Å². The van der Waals surface area contributed by atoms with Gasteiger partial charge in [-0.05, 0) is 38.3 Å². The quantitative estimate of drug-likeness (QED) is 0.875. The highest BCUT2D eigenvalue weighted by atomic mass is 16.2. The lowest BCUT2D eigenvalue weighted by atomic mass is 9.97. The molecule has 2 aromatic rings. The molecule has 0 unspecified atom stereocenters. The molecular weight excluding hydrogens is 318 g/mol. The average Bonchev–Trinajstić information content (AvgIpc) is 2.61. The van der Waals surface area contributed by atoms with E-state index in [0.29, 0.717) is 12.1 Å². The summed E-state index contributed by atoms with van der Waals surface area (Å²) in [6.07, 6.45) is 6.78. The third-order valence-corrected chi connectivity index (χ3v) is 4.60. The predicted molar refractivity (Wildman–Crippen MR) is 95.4 cm³/mol. The average molecular weight is 341 g/mol. The minimum absolute atomic E-state index is 0.0204. The zero-order chi connectivity index (χ0) is 17.8. The first-order chi connectivity index (χ1) is 12.0. The second-order valence-corrected chi connectivity index (χ2v) is 6.51. The first-order valence-electron chi connectivity index (χ1n) is 8.52. The molecule has 0 saturated carbocycles. The summed E-state index contributed by atoms with van der Waals surface area (Å²) in [5.74, 6) is 0.666. The molecule has 0 bridgehead atoms. The number of aromatic nitrogens is 3. The normalized spacial score (nSPS) is 17.4. The Kier molecular flexibility index (Phi) is 5.11. The van der Waals surface area contributed by atoms with Gasteiger partial charge in [-0.25, -0.2) is 4.98 Å². The van der Waals surface area contributed by atoms with Crippen molar-refractivity contribution in [3.05, 3.63) is 51.8 Å². The van der Waals surface area contributed by atoms with Gasteiger partial charge in [-0.3, -0.25) is 14.6 Å². The molecule has 0 spiro atoms. The third kappa shape index (κ3) is 4.04. The van der Waals surface area contributed by atoms with Crippen LogP contribution in [0.4, 0.5) is 5.82 Å². The van der Waals surface area contributed by atoms with Crippen LogP contribution >= 0.6 is 0 Å². The number of H-pyrrole nitrogens is 1. The Labute approximate surface area is 146 Å². The molecule has 7 heteroatoms. The van der Waals surface area contributed by atoms with Crippen LogP contribution in [-0.4, -0.2) is 33.9 Å². The van der Waals surface area contributed by atoms with Crippen molar-refractivity contribution in [1.29, 1.82) is 0 Å². The van der Waals surface area contributed by atoms with Crippen molar-refractivity contribution in [1.82, 2.24) is 20.3 Å². The minimum Gasteiger partial charge on any atom is -0.355 e. The second kappa shape index (κ2) is 7.46. The number of pyridine rings is 1. The lowest BCUT2D eigenvalue weighted by molar-refractivity contribution is -0.125. The highest BCUT2D eigenvalue weighted by Crippen LogP contribution is 2.21. The third-order valence-electron chi connectivity index (χ3n) is 4.60. The second-order valence-electron chi connectivity index (χ2n) is 6.51. The van der Waals surface area contributed by atoms with Gasteiger partial charge in [-0.2, -0.15) is 0 Å². The van der Waals surface area contributed by atoms with Gasteiger partial charge in [0, 0.05) is 43.3 Å². The molecule has 3 heterocycles. The summed E-state index contributed by atoms with van der Waals surface area (Å²) in [6.45, 7) is 5.48. The largest absolute Gasteiger partial charge is 0.355 e. The Morgan fingerprint density at radius 3 is 2.96 bits per heavy atom. The van der Waals surface area contributed by atoms with Crippen LogP contribution in [0.3, 0.4) is 0 Å². The molecule has 0 radical (unpaired) electrons. The van der Waals surface area contributed by atoms with E-state index in [1.807, 2.05) is 19.9 Å². The van der Waals surface area contributed by atoms with E-state index in [2.05, 4.69) is 25.2 Å². The van der Waals surface area contributed by atoms with Crippen LogP contribution in [0.25, 0.3) is 0 Å². The van der Waals surface area contributed by atoms with E-state index >= 15 is 0 Å². The van der Waals surface area contributed by atoms with Gasteiger partial charge >= 0.3 is 0 Å². The maximum atomic E-state index is 12.6. The van der Waals surface area contributed by atoms with Crippen molar-refractivity contribution in [2.24, 2.45) is 5.92 Å². The molecule has 2 N–H and O–H groups in total. The summed E-state index contributed by atoms with van der Waals surface area (Å²) in [6, 6.07) is 1.92. The molecule has 25 heavy (non-hydrogen) atoms. The number of nitrogens with one attached hydrogen (secondary N) is 2. The summed E-state index contributed by atoms with van der Waals surface area (Å²) in [4.78, 5) is 37.9. The van der Waals surface area contributed by atoms with Gasteiger partial charge in [0.15, 0.2) is 0 Å². The molecule has 7 nitrogen and oxygen atoms in total. The first-order valence-corrected chi connectivity index (χ1v) is 8.52. The number of piperidine rings is 1. The molecule has 1 saturated heterocycles. The monoisotopic (exact) mass is 341 g/mol. The van der Waals surface area contributed by atoms with Crippen LogP contribution in [0, 0.1) is 19.8 Å². The van der Waals surface area contributed by atoms with Gasteiger partial charge in [-0.1, -0.05) is 0 Å². The summed E-state index contributed by atoms with van der Waals surface area (Å²) < 4.78 is 0. The van der Waals surface area contributed by atoms with Gasteiger partial charge in [0.2, 0.25) is 5.91 Å². The minimum atomic E-state index is -0.136. The van der Waals surface area contributed by atoms with Crippen LogP contribution in [0.1, 0.15) is 29.7 Å². The van der Waals surface area contributed by atoms with Crippen molar-refractivity contribution >= 4 is 11.7 Å². The van der Waals surface area contributed by atoms with Crippen molar-refractivity contribution in [3.63, 3.8) is 0 Å². The maximum absolute atomic E-state index is 12.6. The van der Waals surface area contributed by atoms with Gasteiger partial charge in [0.1, 0.15) is 5.82 Å². The standard InChI is InChI=1S/C18H23N5O2/c1-12-8-13(2)22-18(25)15(12)9-21-17(24)14-4-3-7-23(11-14)16-10-19-5-6-20-16/h5-6,8,10,14H,3-4,7,9,11H2,1-2H3,(H,21,24)(H,22,25)/t14-/m1/s1. The van der Waals surface area contributed by atoms with E-state index in [1.165, 1.54) is 0 Å². The van der Waals surface area contributed by atoms with Crippen LogP contribution in [0.5, 0.6) is 0 Å². The van der Waals surface area contributed by atoms with Crippen LogP contribution < -0.4 is 15.8 Å². The number of carbonyl (C=O) groups excluding carboxylic acids is 1. The van der Waals surface area contributed by atoms with Crippen molar-refractivity contribution in [2.75, 3.05) is 18.0 Å². The highest BCUT2D eigenvalue weighted by molar-refractivity contribution is 5.79. The van der Waals surface area contributed by atoms with E-state index in [-0.39, 0.29) is 23.9 Å². The lowest BCUT2D eigenvalue weighted by Crippen LogP contribution is -2.43. The SMILES string of the molecule is Cc1cc(C)c(CNC(=O)[C@@H]2CCCN(c3cnccn3)C2)c(=O)[nH]1. The predicted octanol–water partition coefficient (Wildman–Crippen LogP) is 1.31. The number of hydrogen-bond donors (Lipinski definition) is 2. The molecule has 1 aliphatic rings. The van der Waals surface area contributed by atoms with Crippen molar-refractivity contribution < 1.29 is 4.79 Å². The highest BCUT2D eigenvalue weighted by Gasteiger charge is 2.26. The van der Waals surface area contributed by atoms with Gasteiger partial charge < -0.3 is 15.2 Å². The number of aromatic amines is 1. The van der Waals surface area contributed by atoms with Crippen LogP contribution in [-0.2, 0) is 11.3 Å². The first kappa shape index (κ1) is 17.1. The molecule has 1 fully saturated rings. The molecule has 0 aromatic carbocycles. The molecular formula is C18H23N5O2. The number of anilines is 1. The molecule has 3 rings (SSSR count). The van der Waals surface area contributed by atoms with Crippen molar-refractivity contribution in [2.45, 2.75) is 33.2 Å². The van der Waals surface area contributed by atoms with Crippen LogP contribution in [0.15, 0.2) is 29.5 Å². The number of nitrogens with zero attached hydrogens (tertiary/aromatic N) is 3. The Morgan fingerprint density at radius 1 is 1.40 bits per heavy atom. The van der Waals surface area contributed by atoms with E-state index in [9.17, 15) is 9.59 Å². The number of carbonyl (C=O) groups is 1.